The summed E-state index contributed by atoms with van der Waals surface area (Å²) < 4.78 is 4.57. The van der Waals surface area contributed by atoms with Crippen LogP contribution in [0.3, 0.4) is 0 Å². The van der Waals surface area contributed by atoms with Crippen LogP contribution in [0, 0.1) is 0 Å². The number of nitrogens with zero attached hydrogens (tertiary/aromatic N) is 6. The molecule has 0 saturated heterocycles. The van der Waals surface area contributed by atoms with E-state index in [0.29, 0.717) is 23.7 Å². The fourth-order valence-corrected chi connectivity index (χ4v) is 3.43. The number of rotatable bonds is 1. The van der Waals surface area contributed by atoms with E-state index in [-0.39, 0.29) is 5.56 Å². The van der Waals surface area contributed by atoms with Crippen LogP contribution in [0.5, 0.6) is 0 Å². The molecule has 0 saturated carbocycles. The second-order valence-corrected chi connectivity index (χ2v) is 6.17. The minimum absolute atomic E-state index is 0.314. The van der Waals surface area contributed by atoms with Crippen LogP contribution in [0.4, 0.5) is 11.9 Å². The van der Waals surface area contributed by atoms with Gasteiger partial charge in [0, 0.05) is 27.2 Å². The summed E-state index contributed by atoms with van der Waals surface area (Å²) in [5.41, 5.74) is 1.86. The first-order valence-corrected chi connectivity index (χ1v) is 7.95. The van der Waals surface area contributed by atoms with Gasteiger partial charge in [-0.2, -0.15) is 4.98 Å². The highest BCUT2D eigenvalue weighted by molar-refractivity contribution is 5.81. The van der Waals surface area contributed by atoms with Gasteiger partial charge in [-0.05, 0) is 12.1 Å². The number of benzene rings is 1. The quantitative estimate of drug-likeness (QED) is 0.545. The van der Waals surface area contributed by atoms with Gasteiger partial charge in [0.05, 0.1) is 11.0 Å². The first kappa shape index (κ1) is 14.0. The van der Waals surface area contributed by atoms with Crippen molar-refractivity contribution in [3.63, 3.8) is 0 Å². The van der Waals surface area contributed by atoms with Crippen molar-refractivity contribution < 1.29 is 0 Å². The maximum atomic E-state index is 12.4. The molecule has 4 heterocycles. The number of hydrogen-bond donors (Lipinski definition) is 1. The van der Waals surface area contributed by atoms with Crippen molar-refractivity contribution in [1.82, 2.24) is 28.7 Å². The summed E-state index contributed by atoms with van der Waals surface area (Å²) in [7, 11) is 3.06. The van der Waals surface area contributed by atoms with E-state index in [1.807, 2.05) is 29.2 Å². The first-order valence-electron chi connectivity index (χ1n) is 7.95. The predicted octanol–water partition coefficient (Wildman–Crippen LogP) is 0.462. The number of H-pyrrole nitrogens is 1. The van der Waals surface area contributed by atoms with Gasteiger partial charge in [0.25, 0.3) is 5.56 Å². The number of hydrogen-bond acceptors (Lipinski definition) is 5. The Hall–Kier alpha value is -3.36. The zero-order valence-corrected chi connectivity index (χ0v) is 13.7. The summed E-state index contributed by atoms with van der Waals surface area (Å²) in [6.07, 6.45) is 0. The first-order chi connectivity index (χ1) is 12.1. The van der Waals surface area contributed by atoms with Crippen molar-refractivity contribution in [2.45, 2.75) is 6.54 Å². The Morgan fingerprint density at radius 2 is 1.84 bits per heavy atom. The number of anilines is 2. The van der Waals surface area contributed by atoms with Crippen molar-refractivity contribution in [2.75, 3.05) is 11.4 Å². The smallest absolute Gasteiger partial charge is 0.318 e. The molecule has 5 rings (SSSR count). The van der Waals surface area contributed by atoms with Gasteiger partial charge < -0.3 is 9.55 Å². The maximum absolute atomic E-state index is 12.4. The Morgan fingerprint density at radius 3 is 2.68 bits per heavy atom. The van der Waals surface area contributed by atoms with E-state index in [1.54, 1.807) is 7.05 Å². The van der Waals surface area contributed by atoms with Crippen LogP contribution >= 0.6 is 0 Å². The Balaban J connectivity index is 1.74. The highest BCUT2D eigenvalue weighted by Gasteiger charge is 2.27. The van der Waals surface area contributed by atoms with Crippen LogP contribution in [0.2, 0.25) is 0 Å². The Morgan fingerprint density at radius 1 is 1.04 bits per heavy atom. The number of fused-ring (bicyclic) bond motifs is 4. The number of imidazole rings is 2. The highest BCUT2D eigenvalue weighted by Crippen LogP contribution is 2.31. The second-order valence-electron chi connectivity index (χ2n) is 6.17. The summed E-state index contributed by atoms with van der Waals surface area (Å²) in [5.74, 6) is 1.30. The largest absolute Gasteiger partial charge is 0.332 e. The Labute approximate surface area is 140 Å². The molecular weight excluding hydrogens is 322 g/mol. The molecule has 0 spiro atoms. The number of para-hydroxylation sites is 2. The molecule has 4 aromatic rings. The van der Waals surface area contributed by atoms with Gasteiger partial charge in [0.15, 0.2) is 11.2 Å². The van der Waals surface area contributed by atoms with E-state index in [2.05, 4.69) is 19.5 Å². The predicted molar refractivity (Wildman–Crippen MR) is 93.3 cm³/mol. The zero-order chi connectivity index (χ0) is 17.3. The molecule has 0 unspecified atom stereocenters. The summed E-state index contributed by atoms with van der Waals surface area (Å²) in [6.45, 7) is 1.48. The minimum atomic E-state index is -0.399. The molecule has 1 N–H and O–H groups in total. The summed E-state index contributed by atoms with van der Waals surface area (Å²) in [4.78, 5) is 38.6. The third kappa shape index (κ3) is 1.72. The lowest BCUT2D eigenvalue weighted by atomic mass is 10.3. The minimum Gasteiger partial charge on any atom is -0.318 e. The number of aromatic nitrogens is 6. The van der Waals surface area contributed by atoms with Gasteiger partial charge in [-0.15, -0.1) is 0 Å². The molecule has 0 atom stereocenters. The van der Waals surface area contributed by atoms with Crippen LogP contribution in [0.25, 0.3) is 22.2 Å². The highest BCUT2D eigenvalue weighted by atomic mass is 16.2. The topological polar surface area (TPSA) is 93.7 Å². The van der Waals surface area contributed by atoms with Crippen LogP contribution in [0.15, 0.2) is 33.9 Å². The third-order valence-electron chi connectivity index (χ3n) is 4.76. The van der Waals surface area contributed by atoms with Crippen molar-refractivity contribution in [1.29, 1.82) is 0 Å². The Bertz CT molecular complexity index is 1270. The van der Waals surface area contributed by atoms with E-state index in [9.17, 15) is 9.59 Å². The number of aryl methyl sites for hydroxylation is 1. The molecule has 126 valence electrons. The molecule has 25 heavy (non-hydrogen) atoms. The van der Waals surface area contributed by atoms with E-state index < -0.39 is 5.69 Å². The van der Waals surface area contributed by atoms with Gasteiger partial charge >= 0.3 is 5.69 Å². The third-order valence-corrected chi connectivity index (χ3v) is 4.76. The van der Waals surface area contributed by atoms with E-state index >= 15 is 0 Å². The van der Waals surface area contributed by atoms with Crippen LogP contribution < -0.4 is 16.1 Å². The number of aromatic amines is 1. The van der Waals surface area contributed by atoms with Crippen LogP contribution in [-0.4, -0.2) is 35.2 Å². The van der Waals surface area contributed by atoms with Crippen LogP contribution in [-0.2, 0) is 20.6 Å². The van der Waals surface area contributed by atoms with E-state index in [1.165, 1.54) is 11.6 Å². The lowest BCUT2D eigenvalue weighted by Crippen LogP contribution is -2.36. The van der Waals surface area contributed by atoms with Crippen molar-refractivity contribution in [3.8, 4) is 0 Å². The van der Waals surface area contributed by atoms with E-state index in [0.717, 1.165) is 28.1 Å². The molecule has 3 aromatic heterocycles. The van der Waals surface area contributed by atoms with Gasteiger partial charge in [-0.3, -0.25) is 18.8 Å². The fraction of sp³-hybridized carbons (Fsp3) is 0.250. The standard InChI is InChI=1S/C16H15N7O2/c1-20-12-11(13(24)21(2)16(20)25)18-14(19-12)23-8-7-22-10-6-4-3-5-9(10)17-15(22)23/h3-6H,7-8H2,1-2H3,(H,18,19). The molecule has 1 aliphatic rings. The van der Waals surface area contributed by atoms with Crippen LogP contribution in [0.1, 0.15) is 0 Å². The lowest BCUT2D eigenvalue weighted by molar-refractivity contribution is 0.708. The molecular formula is C16H15N7O2. The molecule has 0 radical (unpaired) electrons. The van der Waals surface area contributed by atoms with Crippen molar-refractivity contribution >= 4 is 34.1 Å². The fourth-order valence-electron chi connectivity index (χ4n) is 3.43. The van der Waals surface area contributed by atoms with Crippen molar-refractivity contribution in [2.24, 2.45) is 14.1 Å². The summed E-state index contributed by atoms with van der Waals surface area (Å²) in [6, 6.07) is 7.95. The molecule has 0 fully saturated rings. The second kappa shape index (κ2) is 4.59. The average molecular weight is 337 g/mol. The monoisotopic (exact) mass is 337 g/mol. The van der Waals surface area contributed by atoms with Gasteiger partial charge in [-0.25, -0.2) is 9.78 Å². The molecule has 9 nitrogen and oxygen atoms in total. The average Bonchev–Trinajstić information content (AvgIpc) is 3.30. The van der Waals surface area contributed by atoms with Gasteiger partial charge in [-0.1, -0.05) is 12.1 Å². The number of nitrogens with one attached hydrogen (secondary N) is 1. The Kier molecular flexibility index (Phi) is 2.58. The summed E-state index contributed by atoms with van der Waals surface area (Å²) in [5, 5.41) is 0. The molecule has 1 aliphatic heterocycles. The van der Waals surface area contributed by atoms with Gasteiger partial charge in [0.1, 0.15) is 0 Å². The molecule has 9 heteroatoms. The molecule has 0 bridgehead atoms. The summed E-state index contributed by atoms with van der Waals surface area (Å²) >= 11 is 0. The molecule has 1 aromatic carbocycles. The lowest BCUT2D eigenvalue weighted by Gasteiger charge is -2.11. The zero-order valence-electron chi connectivity index (χ0n) is 13.7. The SMILES string of the molecule is Cn1c(=O)c2[nH]c(N3CCn4c3nc3ccccc34)nc2n(C)c1=O. The molecule has 0 aliphatic carbocycles. The maximum Gasteiger partial charge on any atom is 0.332 e. The van der Waals surface area contributed by atoms with Crippen molar-refractivity contribution in [3.05, 3.63) is 45.1 Å². The molecule has 0 amide bonds. The normalized spacial score (nSPS) is 13.9. The van der Waals surface area contributed by atoms with E-state index in [4.69, 9.17) is 0 Å². The van der Waals surface area contributed by atoms with Gasteiger partial charge in [0.2, 0.25) is 11.9 Å².